The van der Waals surface area contributed by atoms with Gasteiger partial charge in [-0.05, 0) is 38.5 Å². The van der Waals surface area contributed by atoms with Gasteiger partial charge in [-0.2, -0.15) is 0 Å². The molecule has 0 atom stereocenters. The van der Waals surface area contributed by atoms with Crippen molar-refractivity contribution in [3.05, 3.63) is 0 Å². The fourth-order valence-corrected chi connectivity index (χ4v) is 3.59. The molecule has 0 bridgehead atoms. The summed E-state index contributed by atoms with van der Waals surface area (Å²) in [4.78, 5) is 48.0. The molecule has 1 aliphatic heterocycles. The van der Waals surface area contributed by atoms with Crippen LogP contribution in [-0.4, -0.2) is 63.2 Å². The summed E-state index contributed by atoms with van der Waals surface area (Å²) in [5.74, 6) is -0.0381. The minimum Gasteiger partial charge on any atom is -0.354 e. The number of imide groups is 1. The third kappa shape index (κ3) is 5.42. The molecule has 0 aromatic heterocycles. The lowest BCUT2D eigenvalue weighted by Gasteiger charge is -2.16. The first-order chi connectivity index (χ1) is 10.8. The predicted octanol–water partition coefficient (Wildman–Crippen LogP) is 0.588. The van der Waals surface area contributed by atoms with E-state index in [2.05, 4.69) is 10.6 Å². The highest BCUT2D eigenvalue weighted by atomic mass is 32.2. The molecule has 0 aromatic rings. The van der Waals surface area contributed by atoms with Gasteiger partial charge in [-0.15, -0.1) is 11.8 Å². The van der Waals surface area contributed by atoms with Crippen LogP contribution in [0.2, 0.25) is 0 Å². The van der Waals surface area contributed by atoms with Crippen LogP contribution in [-0.2, 0) is 14.4 Å². The lowest BCUT2D eigenvalue weighted by molar-refractivity contribution is -0.129. The van der Waals surface area contributed by atoms with Gasteiger partial charge in [0.15, 0.2) is 0 Å². The van der Waals surface area contributed by atoms with Crippen molar-refractivity contribution >= 4 is 46.5 Å². The zero-order chi connectivity index (χ0) is 17.0. The average Bonchev–Trinajstić information content (AvgIpc) is 3.22. The number of rotatable bonds is 8. The van der Waals surface area contributed by atoms with E-state index >= 15 is 0 Å². The van der Waals surface area contributed by atoms with Crippen LogP contribution in [0, 0.1) is 0 Å². The topological polar surface area (TPSA) is 95.6 Å². The molecule has 9 heteroatoms. The van der Waals surface area contributed by atoms with Crippen LogP contribution < -0.4 is 10.6 Å². The van der Waals surface area contributed by atoms with Gasteiger partial charge in [-0.3, -0.25) is 24.1 Å². The van der Waals surface area contributed by atoms with Gasteiger partial charge in [0.2, 0.25) is 17.7 Å². The third-order valence-corrected chi connectivity index (χ3v) is 5.40. The Hall–Kier alpha value is -1.22. The Labute approximate surface area is 143 Å². The van der Waals surface area contributed by atoms with E-state index in [1.165, 1.54) is 16.7 Å². The van der Waals surface area contributed by atoms with Crippen LogP contribution in [0.15, 0.2) is 0 Å². The molecule has 0 unspecified atom stereocenters. The van der Waals surface area contributed by atoms with Crippen LogP contribution in [0.5, 0.6) is 0 Å². The van der Waals surface area contributed by atoms with E-state index in [0.29, 0.717) is 6.04 Å². The average molecular weight is 359 g/mol. The smallest absolute Gasteiger partial charge is 0.289 e. The van der Waals surface area contributed by atoms with Crippen molar-refractivity contribution in [2.24, 2.45) is 0 Å². The molecule has 7 nitrogen and oxygen atoms in total. The molecule has 2 aliphatic rings. The first-order valence-electron chi connectivity index (χ1n) is 7.48. The maximum Gasteiger partial charge on any atom is 0.289 e. The quantitative estimate of drug-likeness (QED) is 0.658. The number of amides is 4. The molecular formula is C14H21N3O4S2. The van der Waals surface area contributed by atoms with E-state index in [0.717, 1.165) is 24.6 Å². The van der Waals surface area contributed by atoms with Crippen molar-refractivity contribution in [1.82, 2.24) is 15.5 Å². The summed E-state index contributed by atoms with van der Waals surface area (Å²) in [7, 11) is 0. The summed E-state index contributed by atoms with van der Waals surface area (Å²) in [6.07, 6.45) is 2.08. The second-order valence-corrected chi connectivity index (χ2v) is 8.58. The molecule has 0 spiro atoms. The largest absolute Gasteiger partial charge is 0.354 e. The van der Waals surface area contributed by atoms with Gasteiger partial charge in [0, 0.05) is 19.1 Å². The number of hydrogen-bond donors (Lipinski definition) is 2. The van der Waals surface area contributed by atoms with Crippen molar-refractivity contribution in [3.63, 3.8) is 0 Å². The number of carbonyl (C=O) groups excluding carboxylic acids is 4. The molecule has 23 heavy (non-hydrogen) atoms. The highest BCUT2D eigenvalue weighted by Crippen LogP contribution is 2.36. The zero-order valence-corrected chi connectivity index (χ0v) is 14.8. The van der Waals surface area contributed by atoms with Crippen LogP contribution in [0.4, 0.5) is 4.79 Å². The summed E-state index contributed by atoms with van der Waals surface area (Å²) in [6.45, 7) is 3.81. The summed E-state index contributed by atoms with van der Waals surface area (Å²) < 4.78 is -0.730. The summed E-state index contributed by atoms with van der Waals surface area (Å²) in [6, 6.07) is 0.328. The molecule has 1 saturated carbocycles. The van der Waals surface area contributed by atoms with E-state index in [-0.39, 0.29) is 47.6 Å². The summed E-state index contributed by atoms with van der Waals surface area (Å²) in [5.41, 5.74) is 0. The fourth-order valence-electron chi connectivity index (χ4n) is 2.01. The molecule has 2 fully saturated rings. The number of hydrogen-bond acceptors (Lipinski definition) is 6. The highest BCUT2D eigenvalue weighted by molar-refractivity contribution is 8.16. The SMILES string of the molecule is CC1(C)SC(=O)N(CCNC(=O)CSCC(=O)NC2CC2)C1=O. The highest BCUT2D eigenvalue weighted by Gasteiger charge is 2.45. The standard InChI is InChI=1S/C14H21N3O4S2/c1-14(2)12(20)17(13(21)23-14)6-5-15-10(18)7-22-8-11(19)16-9-3-4-9/h9H,3-8H2,1-2H3,(H,15,18)(H,16,19). The van der Waals surface area contributed by atoms with Gasteiger partial charge < -0.3 is 10.6 Å². The molecule has 128 valence electrons. The monoisotopic (exact) mass is 359 g/mol. The Balaban J connectivity index is 1.58. The Morgan fingerprint density at radius 3 is 2.48 bits per heavy atom. The molecule has 2 N–H and O–H groups in total. The number of nitrogens with one attached hydrogen (secondary N) is 2. The molecule has 0 aromatic carbocycles. The van der Waals surface area contributed by atoms with Crippen LogP contribution >= 0.6 is 23.5 Å². The molecular weight excluding hydrogens is 338 g/mol. The van der Waals surface area contributed by atoms with Crippen LogP contribution in [0.1, 0.15) is 26.7 Å². The number of thioether (sulfide) groups is 2. The van der Waals surface area contributed by atoms with E-state index < -0.39 is 4.75 Å². The second kappa shape index (κ2) is 7.57. The van der Waals surface area contributed by atoms with E-state index in [9.17, 15) is 19.2 Å². The first kappa shape index (κ1) is 18.1. The van der Waals surface area contributed by atoms with Gasteiger partial charge in [0.05, 0.1) is 16.3 Å². The van der Waals surface area contributed by atoms with E-state index in [4.69, 9.17) is 0 Å². The number of carbonyl (C=O) groups is 4. The number of nitrogens with zero attached hydrogens (tertiary/aromatic N) is 1. The fraction of sp³-hybridized carbons (Fsp3) is 0.714. The maximum absolute atomic E-state index is 12.0. The summed E-state index contributed by atoms with van der Waals surface area (Å²) >= 11 is 2.25. The van der Waals surface area contributed by atoms with Crippen molar-refractivity contribution in [2.75, 3.05) is 24.6 Å². The predicted molar refractivity (Wildman–Crippen MR) is 90.3 cm³/mol. The first-order valence-corrected chi connectivity index (χ1v) is 9.45. The van der Waals surface area contributed by atoms with Crippen LogP contribution in [0.25, 0.3) is 0 Å². The Morgan fingerprint density at radius 1 is 1.26 bits per heavy atom. The lowest BCUT2D eigenvalue weighted by Crippen LogP contribution is -2.41. The van der Waals surface area contributed by atoms with Crippen molar-refractivity contribution in [1.29, 1.82) is 0 Å². The van der Waals surface area contributed by atoms with Gasteiger partial charge >= 0.3 is 0 Å². The van der Waals surface area contributed by atoms with Gasteiger partial charge in [-0.25, -0.2) is 0 Å². The molecule has 2 rings (SSSR count). The van der Waals surface area contributed by atoms with E-state index in [1.807, 2.05) is 0 Å². The maximum atomic E-state index is 12.0. The van der Waals surface area contributed by atoms with Crippen molar-refractivity contribution in [2.45, 2.75) is 37.5 Å². The normalized spacial score (nSPS) is 19.8. The van der Waals surface area contributed by atoms with Gasteiger partial charge in [0.25, 0.3) is 5.24 Å². The van der Waals surface area contributed by atoms with Gasteiger partial charge in [0.1, 0.15) is 0 Å². The molecule has 1 heterocycles. The molecule has 1 saturated heterocycles. The van der Waals surface area contributed by atoms with Crippen molar-refractivity contribution in [3.8, 4) is 0 Å². The summed E-state index contributed by atoms with van der Waals surface area (Å²) in [5, 5.41) is 5.23. The van der Waals surface area contributed by atoms with Gasteiger partial charge in [-0.1, -0.05) is 0 Å². The molecule has 1 aliphatic carbocycles. The van der Waals surface area contributed by atoms with E-state index in [1.54, 1.807) is 13.8 Å². The molecule has 4 amide bonds. The molecule has 0 radical (unpaired) electrons. The second-order valence-electron chi connectivity index (χ2n) is 6.02. The Morgan fingerprint density at radius 2 is 1.91 bits per heavy atom. The lowest BCUT2D eigenvalue weighted by atomic mass is 10.2. The minimum absolute atomic E-state index is 0.0437. The Bertz CT molecular complexity index is 520. The zero-order valence-electron chi connectivity index (χ0n) is 13.2. The van der Waals surface area contributed by atoms with Crippen LogP contribution in [0.3, 0.4) is 0 Å². The Kier molecular flexibility index (Phi) is 5.96. The minimum atomic E-state index is -0.730. The third-order valence-electron chi connectivity index (χ3n) is 3.39. The van der Waals surface area contributed by atoms with Crippen molar-refractivity contribution < 1.29 is 19.2 Å².